The summed E-state index contributed by atoms with van der Waals surface area (Å²) < 4.78 is 0. The van der Waals surface area contributed by atoms with Gasteiger partial charge < -0.3 is 10.4 Å². The van der Waals surface area contributed by atoms with Crippen LogP contribution in [-0.2, 0) is 0 Å². The van der Waals surface area contributed by atoms with E-state index in [1.54, 1.807) is 0 Å². The number of aliphatic hydroxyl groups is 1. The van der Waals surface area contributed by atoms with E-state index in [2.05, 4.69) is 17.1 Å². The van der Waals surface area contributed by atoms with Gasteiger partial charge in [-0.1, -0.05) is 6.92 Å². The Morgan fingerprint density at radius 2 is 1.83 bits per heavy atom. The number of aliphatic hydroxyl groups excluding tert-OH is 1. The molecule has 2 aliphatic carbocycles. The normalized spacial score (nSPS) is 45.3. The second kappa shape index (κ2) is 5.48. The predicted molar refractivity (Wildman–Crippen MR) is 73.5 cm³/mol. The van der Waals surface area contributed by atoms with Gasteiger partial charge in [0, 0.05) is 31.1 Å². The summed E-state index contributed by atoms with van der Waals surface area (Å²) in [7, 11) is 0. The van der Waals surface area contributed by atoms with Gasteiger partial charge in [-0.25, -0.2) is 0 Å². The topological polar surface area (TPSA) is 35.5 Å². The van der Waals surface area contributed by atoms with Crippen LogP contribution in [0.3, 0.4) is 0 Å². The maximum Gasteiger partial charge on any atom is 0.0583 e. The highest BCUT2D eigenvalue weighted by Gasteiger charge is 2.43. The Kier molecular flexibility index (Phi) is 3.92. The maximum atomic E-state index is 9.99. The fraction of sp³-hybridized carbons (Fsp3) is 1.00. The fourth-order valence-electron chi connectivity index (χ4n) is 4.50. The van der Waals surface area contributed by atoms with Crippen LogP contribution in [0.15, 0.2) is 0 Å². The van der Waals surface area contributed by atoms with Gasteiger partial charge in [0.2, 0.25) is 0 Å². The standard InChI is InChI=1S/C15H28N2O/c1-2-16-12-4-6-13(7-5-12)17-9-11-3-8-15(18)14(11)10-17/h11-16,18H,2-10H2,1H3. The van der Waals surface area contributed by atoms with Gasteiger partial charge in [-0.05, 0) is 51.0 Å². The molecule has 1 saturated heterocycles. The Morgan fingerprint density at radius 1 is 1.06 bits per heavy atom. The second-order valence-corrected chi connectivity index (χ2v) is 6.59. The lowest BCUT2D eigenvalue weighted by Gasteiger charge is -2.35. The Balaban J connectivity index is 1.49. The van der Waals surface area contributed by atoms with Crippen molar-refractivity contribution in [1.29, 1.82) is 0 Å². The van der Waals surface area contributed by atoms with Crippen LogP contribution in [-0.4, -0.2) is 47.8 Å². The van der Waals surface area contributed by atoms with Crippen molar-refractivity contribution in [2.45, 2.75) is 63.6 Å². The Morgan fingerprint density at radius 3 is 2.50 bits per heavy atom. The molecule has 18 heavy (non-hydrogen) atoms. The van der Waals surface area contributed by atoms with Gasteiger partial charge in [-0.15, -0.1) is 0 Å². The number of hydrogen-bond donors (Lipinski definition) is 2. The third kappa shape index (κ3) is 2.45. The van der Waals surface area contributed by atoms with Crippen molar-refractivity contribution in [2.24, 2.45) is 11.8 Å². The average Bonchev–Trinajstić information content (AvgIpc) is 2.94. The molecule has 1 heterocycles. The number of fused-ring (bicyclic) bond motifs is 1. The maximum absolute atomic E-state index is 9.99. The van der Waals surface area contributed by atoms with Gasteiger partial charge >= 0.3 is 0 Å². The highest BCUT2D eigenvalue weighted by Crippen LogP contribution is 2.40. The van der Waals surface area contributed by atoms with Gasteiger partial charge in [0.1, 0.15) is 0 Å². The van der Waals surface area contributed by atoms with Gasteiger partial charge in [-0.3, -0.25) is 4.90 Å². The van der Waals surface area contributed by atoms with Crippen molar-refractivity contribution in [3.05, 3.63) is 0 Å². The Hall–Kier alpha value is -0.120. The summed E-state index contributed by atoms with van der Waals surface area (Å²) in [5.74, 6) is 1.39. The first-order valence-electron chi connectivity index (χ1n) is 7.93. The molecular formula is C15H28N2O. The van der Waals surface area contributed by atoms with Crippen LogP contribution in [0.1, 0.15) is 45.4 Å². The number of rotatable bonds is 3. The van der Waals surface area contributed by atoms with Gasteiger partial charge in [0.25, 0.3) is 0 Å². The van der Waals surface area contributed by atoms with Crippen LogP contribution in [0.25, 0.3) is 0 Å². The lowest BCUT2D eigenvalue weighted by molar-refractivity contribution is 0.109. The molecule has 3 aliphatic rings. The van der Waals surface area contributed by atoms with Gasteiger partial charge in [0.15, 0.2) is 0 Å². The molecule has 3 fully saturated rings. The molecule has 0 bridgehead atoms. The second-order valence-electron chi connectivity index (χ2n) is 6.59. The third-order valence-corrected chi connectivity index (χ3v) is 5.55. The molecule has 0 radical (unpaired) electrons. The number of hydrogen-bond acceptors (Lipinski definition) is 3. The fourth-order valence-corrected chi connectivity index (χ4v) is 4.50. The van der Waals surface area contributed by atoms with Crippen LogP contribution in [0, 0.1) is 11.8 Å². The lowest BCUT2D eigenvalue weighted by atomic mass is 9.90. The van der Waals surface area contributed by atoms with Gasteiger partial charge in [0.05, 0.1) is 6.10 Å². The summed E-state index contributed by atoms with van der Waals surface area (Å²) >= 11 is 0. The molecule has 3 unspecified atom stereocenters. The molecule has 0 aromatic carbocycles. The van der Waals surface area contributed by atoms with E-state index in [1.165, 1.54) is 45.2 Å². The van der Waals surface area contributed by atoms with Crippen LogP contribution in [0.4, 0.5) is 0 Å². The highest BCUT2D eigenvalue weighted by atomic mass is 16.3. The summed E-state index contributed by atoms with van der Waals surface area (Å²) in [5, 5.41) is 13.6. The zero-order chi connectivity index (χ0) is 12.5. The van der Waals surface area contributed by atoms with Crippen LogP contribution in [0.2, 0.25) is 0 Å². The van der Waals surface area contributed by atoms with Crippen molar-refractivity contribution in [3.63, 3.8) is 0 Å². The minimum atomic E-state index is -0.00176. The molecule has 2 saturated carbocycles. The molecule has 3 nitrogen and oxygen atoms in total. The first-order valence-corrected chi connectivity index (χ1v) is 7.93. The largest absolute Gasteiger partial charge is 0.393 e. The molecule has 3 atom stereocenters. The van der Waals surface area contributed by atoms with Gasteiger partial charge in [-0.2, -0.15) is 0 Å². The molecule has 0 aromatic heterocycles. The van der Waals surface area contributed by atoms with Crippen LogP contribution in [0.5, 0.6) is 0 Å². The Labute approximate surface area is 111 Å². The van der Waals surface area contributed by atoms with Crippen molar-refractivity contribution in [3.8, 4) is 0 Å². The minimum absolute atomic E-state index is 0.00176. The molecule has 3 heteroatoms. The van der Waals surface area contributed by atoms with Crippen molar-refractivity contribution < 1.29 is 5.11 Å². The monoisotopic (exact) mass is 252 g/mol. The highest BCUT2D eigenvalue weighted by molar-refractivity contribution is 4.96. The number of nitrogens with zero attached hydrogens (tertiary/aromatic N) is 1. The summed E-state index contributed by atoms with van der Waals surface area (Å²) in [6.45, 7) is 5.74. The quantitative estimate of drug-likeness (QED) is 0.801. The van der Waals surface area contributed by atoms with Crippen molar-refractivity contribution in [1.82, 2.24) is 10.2 Å². The van der Waals surface area contributed by atoms with E-state index < -0.39 is 0 Å². The first kappa shape index (κ1) is 12.9. The predicted octanol–water partition coefficient (Wildman–Crippen LogP) is 1.61. The summed E-state index contributed by atoms with van der Waals surface area (Å²) in [6, 6.07) is 1.57. The van der Waals surface area contributed by atoms with E-state index >= 15 is 0 Å². The number of likely N-dealkylation sites (tertiary alicyclic amines) is 1. The molecule has 0 amide bonds. The van der Waals surface area contributed by atoms with Crippen LogP contribution >= 0.6 is 0 Å². The summed E-state index contributed by atoms with van der Waals surface area (Å²) in [6.07, 6.45) is 7.70. The molecule has 3 rings (SSSR count). The average molecular weight is 252 g/mol. The van der Waals surface area contributed by atoms with E-state index in [0.717, 1.165) is 31.0 Å². The van der Waals surface area contributed by atoms with E-state index in [-0.39, 0.29) is 6.10 Å². The SMILES string of the molecule is CCNC1CCC(N2CC3CCC(O)C3C2)CC1. The van der Waals surface area contributed by atoms with E-state index in [4.69, 9.17) is 0 Å². The minimum Gasteiger partial charge on any atom is -0.393 e. The zero-order valence-electron chi connectivity index (χ0n) is 11.6. The molecule has 104 valence electrons. The third-order valence-electron chi connectivity index (χ3n) is 5.55. The lowest BCUT2D eigenvalue weighted by Crippen LogP contribution is -2.42. The van der Waals surface area contributed by atoms with Crippen molar-refractivity contribution in [2.75, 3.05) is 19.6 Å². The van der Waals surface area contributed by atoms with E-state index in [1.807, 2.05) is 0 Å². The summed E-state index contributed by atoms with van der Waals surface area (Å²) in [4.78, 5) is 2.69. The zero-order valence-corrected chi connectivity index (χ0v) is 11.6. The molecule has 0 spiro atoms. The Bertz CT molecular complexity index is 276. The molecular weight excluding hydrogens is 224 g/mol. The molecule has 2 N–H and O–H groups in total. The molecule has 1 aliphatic heterocycles. The van der Waals surface area contributed by atoms with E-state index in [0.29, 0.717) is 5.92 Å². The first-order chi connectivity index (χ1) is 8.78. The van der Waals surface area contributed by atoms with Crippen molar-refractivity contribution >= 4 is 0 Å². The summed E-state index contributed by atoms with van der Waals surface area (Å²) in [5.41, 5.74) is 0. The number of nitrogens with one attached hydrogen (secondary N) is 1. The van der Waals surface area contributed by atoms with E-state index in [9.17, 15) is 5.11 Å². The molecule has 0 aromatic rings. The smallest absolute Gasteiger partial charge is 0.0583 e. The van der Waals surface area contributed by atoms with Crippen LogP contribution < -0.4 is 5.32 Å².